The number of piperazine rings is 1. The molecule has 0 aliphatic carbocycles. The summed E-state index contributed by atoms with van der Waals surface area (Å²) in [5.41, 5.74) is 2.51. The molecule has 126 valence electrons. The molecule has 2 aromatic rings. The van der Waals surface area contributed by atoms with Crippen LogP contribution in [0.25, 0.3) is 0 Å². The molecule has 0 radical (unpaired) electrons. The smallest absolute Gasteiger partial charge is 0.223 e. The maximum atomic E-state index is 12.5. The Morgan fingerprint density at radius 3 is 2.54 bits per heavy atom. The molecular weight excluding hydrogens is 298 g/mol. The molecule has 0 N–H and O–H groups in total. The van der Waals surface area contributed by atoms with Gasteiger partial charge in [-0.05, 0) is 36.6 Å². The van der Waals surface area contributed by atoms with Crippen molar-refractivity contribution in [2.24, 2.45) is 0 Å². The van der Waals surface area contributed by atoms with Gasteiger partial charge in [-0.1, -0.05) is 30.3 Å². The van der Waals surface area contributed by atoms with E-state index < -0.39 is 0 Å². The van der Waals surface area contributed by atoms with Gasteiger partial charge in [0.05, 0.1) is 0 Å². The summed E-state index contributed by atoms with van der Waals surface area (Å²) in [5, 5.41) is 0. The Balaban J connectivity index is 1.49. The van der Waals surface area contributed by atoms with Crippen LogP contribution in [0.1, 0.15) is 24.5 Å². The molecule has 1 saturated heterocycles. The molecular formula is C20H25N3O. The van der Waals surface area contributed by atoms with E-state index in [9.17, 15) is 4.79 Å². The summed E-state index contributed by atoms with van der Waals surface area (Å²) in [6.45, 7) is 5.82. The summed E-state index contributed by atoms with van der Waals surface area (Å²) in [5.74, 6) is 0.263. The number of benzene rings is 1. The molecule has 4 nitrogen and oxygen atoms in total. The van der Waals surface area contributed by atoms with E-state index in [0.29, 0.717) is 6.42 Å². The second-order valence-electron chi connectivity index (χ2n) is 6.51. The number of carbonyl (C=O) groups excluding carboxylic acids is 1. The van der Waals surface area contributed by atoms with Crippen molar-refractivity contribution in [3.63, 3.8) is 0 Å². The monoisotopic (exact) mass is 323 g/mol. The largest absolute Gasteiger partial charge is 0.337 e. The van der Waals surface area contributed by atoms with Gasteiger partial charge in [0.1, 0.15) is 0 Å². The van der Waals surface area contributed by atoms with E-state index in [0.717, 1.165) is 32.6 Å². The molecule has 24 heavy (non-hydrogen) atoms. The third-order valence-corrected chi connectivity index (χ3v) is 4.66. The molecule has 0 bridgehead atoms. The molecule has 3 rings (SSSR count). The van der Waals surface area contributed by atoms with Gasteiger partial charge in [0.25, 0.3) is 0 Å². The van der Waals surface area contributed by atoms with Crippen LogP contribution < -0.4 is 0 Å². The summed E-state index contributed by atoms with van der Waals surface area (Å²) in [7, 11) is 0. The Bertz CT molecular complexity index is 644. The Morgan fingerprint density at radius 1 is 1.08 bits per heavy atom. The summed E-state index contributed by atoms with van der Waals surface area (Å²) >= 11 is 0. The summed E-state index contributed by atoms with van der Waals surface area (Å²) in [4.78, 5) is 21.0. The second-order valence-corrected chi connectivity index (χ2v) is 6.51. The van der Waals surface area contributed by atoms with Gasteiger partial charge in [-0.25, -0.2) is 0 Å². The van der Waals surface area contributed by atoms with Gasteiger partial charge in [-0.3, -0.25) is 14.7 Å². The lowest BCUT2D eigenvalue weighted by Crippen LogP contribution is -2.53. The zero-order valence-electron chi connectivity index (χ0n) is 14.3. The normalized spacial score (nSPS) is 18.5. The average Bonchev–Trinajstić information content (AvgIpc) is 2.61. The zero-order valence-corrected chi connectivity index (χ0v) is 14.3. The second kappa shape index (κ2) is 8.06. The maximum absolute atomic E-state index is 12.5. The number of pyridine rings is 1. The van der Waals surface area contributed by atoms with E-state index in [1.165, 1.54) is 11.1 Å². The Kier molecular flexibility index (Phi) is 5.59. The van der Waals surface area contributed by atoms with Crippen LogP contribution in [0.4, 0.5) is 0 Å². The van der Waals surface area contributed by atoms with Gasteiger partial charge in [0.2, 0.25) is 5.91 Å². The van der Waals surface area contributed by atoms with Gasteiger partial charge in [0.15, 0.2) is 0 Å². The van der Waals surface area contributed by atoms with Crippen molar-refractivity contribution in [2.45, 2.75) is 32.4 Å². The van der Waals surface area contributed by atoms with Crippen LogP contribution in [0.5, 0.6) is 0 Å². The highest BCUT2D eigenvalue weighted by atomic mass is 16.2. The first-order chi connectivity index (χ1) is 11.7. The van der Waals surface area contributed by atoms with Crippen LogP contribution in [-0.4, -0.2) is 46.4 Å². The first-order valence-corrected chi connectivity index (χ1v) is 8.67. The highest BCUT2D eigenvalue weighted by Crippen LogP contribution is 2.15. The fourth-order valence-electron chi connectivity index (χ4n) is 3.33. The summed E-state index contributed by atoms with van der Waals surface area (Å²) in [6.07, 6.45) is 4.93. The van der Waals surface area contributed by atoms with Crippen molar-refractivity contribution in [3.8, 4) is 0 Å². The van der Waals surface area contributed by atoms with Gasteiger partial charge in [-0.15, -0.1) is 0 Å². The van der Waals surface area contributed by atoms with E-state index in [1.807, 2.05) is 23.1 Å². The van der Waals surface area contributed by atoms with E-state index in [-0.39, 0.29) is 11.9 Å². The molecule has 1 aliphatic rings. The van der Waals surface area contributed by atoms with Crippen molar-refractivity contribution >= 4 is 5.91 Å². The first-order valence-electron chi connectivity index (χ1n) is 8.67. The number of hydrogen-bond acceptors (Lipinski definition) is 3. The van der Waals surface area contributed by atoms with Crippen LogP contribution in [0.15, 0.2) is 54.9 Å². The maximum Gasteiger partial charge on any atom is 0.223 e. The third kappa shape index (κ3) is 4.42. The summed E-state index contributed by atoms with van der Waals surface area (Å²) in [6, 6.07) is 14.8. The minimum absolute atomic E-state index is 0.263. The highest BCUT2D eigenvalue weighted by molar-refractivity contribution is 5.77. The van der Waals surface area contributed by atoms with Crippen LogP contribution in [0, 0.1) is 0 Å². The lowest BCUT2D eigenvalue weighted by Gasteiger charge is -2.40. The predicted molar refractivity (Wildman–Crippen MR) is 95.5 cm³/mol. The fraction of sp³-hybridized carbons (Fsp3) is 0.400. The number of carbonyl (C=O) groups is 1. The van der Waals surface area contributed by atoms with E-state index in [2.05, 4.69) is 41.1 Å². The van der Waals surface area contributed by atoms with Gasteiger partial charge >= 0.3 is 0 Å². The van der Waals surface area contributed by atoms with Crippen molar-refractivity contribution in [1.29, 1.82) is 0 Å². The topological polar surface area (TPSA) is 36.4 Å². The van der Waals surface area contributed by atoms with Crippen LogP contribution in [0.3, 0.4) is 0 Å². The predicted octanol–water partition coefficient (Wildman–Crippen LogP) is 2.75. The number of aromatic nitrogens is 1. The Labute approximate surface area is 144 Å². The van der Waals surface area contributed by atoms with Crippen LogP contribution >= 0.6 is 0 Å². The van der Waals surface area contributed by atoms with Crippen molar-refractivity contribution in [1.82, 2.24) is 14.8 Å². The molecule has 1 atom stereocenters. The third-order valence-electron chi connectivity index (χ3n) is 4.66. The Hall–Kier alpha value is -2.20. The molecule has 1 fully saturated rings. The molecule has 1 amide bonds. The van der Waals surface area contributed by atoms with Gasteiger partial charge in [-0.2, -0.15) is 0 Å². The molecule has 1 aromatic heterocycles. The molecule has 0 unspecified atom stereocenters. The number of aryl methyl sites for hydroxylation is 1. The molecule has 1 aromatic carbocycles. The highest BCUT2D eigenvalue weighted by Gasteiger charge is 2.26. The number of hydrogen-bond donors (Lipinski definition) is 0. The first kappa shape index (κ1) is 16.7. The number of rotatable bonds is 5. The van der Waals surface area contributed by atoms with Crippen molar-refractivity contribution in [2.75, 3.05) is 19.6 Å². The fourth-order valence-corrected chi connectivity index (χ4v) is 3.33. The lowest BCUT2D eigenvalue weighted by atomic mass is 10.1. The standard InChI is InChI=1S/C20H25N3O/c1-17-15-22(16-19-5-3-2-4-6-19)13-14-23(17)20(24)8-7-18-9-11-21-12-10-18/h2-6,9-12,17H,7-8,13-16H2,1H3/t17-/m1/s1. The van der Waals surface area contributed by atoms with E-state index >= 15 is 0 Å². The van der Waals surface area contributed by atoms with Crippen LogP contribution in [-0.2, 0) is 17.8 Å². The van der Waals surface area contributed by atoms with Crippen LogP contribution in [0.2, 0.25) is 0 Å². The number of amides is 1. The lowest BCUT2D eigenvalue weighted by molar-refractivity contribution is -0.135. The molecule has 2 heterocycles. The van der Waals surface area contributed by atoms with E-state index in [1.54, 1.807) is 12.4 Å². The Morgan fingerprint density at radius 2 is 1.83 bits per heavy atom. The SMILES string of the molecule is C[C@@H]1CN(Cc2ccccc2)CCN1C(=O)CCc1ccncc1. The zero-order chi connectivity index (χ0) is 16.8. The van der Waals surface area contributed by atoms with Crippen molar-refractivity contribution in [3.05, 3.63) is 66.0 Å². The molecule has 0 saturated carbocycles. The number of nitrogens with zero attached hydrogens (tertiary/aromatic N) is 3. The molecule has 4 heteroatoms. The quantitative estimate of drug-likeness (QED) is 0.849. The summed E-state index contributed by atoms with van der Waals surface area (Å²) < 4.78 is 0. The molecule has 1 aliphatic heterocycles. The van der Waals surface area contributed by atoms with Gasteiger partial charge in [0, 0.05) is 51.0 Å². The minimum atomic E-state index is 0.263. The van der Waals surface area contributed by atoms with Gasteiger partial charge < -0.3 is 4.90 Å². The molecule has 0 spiro atoms. The minimum Gasteiger partial charge on any atom is -0.337 e. The van der Waals surface area contributed by atoms with Crippen molar-refractivity contribution < 1.29 is 4.79 Å². The van der Waals surface area contributed by atoms with E-state index in [4.69, 9.17) is 0 Å². The average molecular weight is 323 g/mol.